The van der Waals surface area contributed by atoms with Crippen molar-refractivity contribution in [3.05, 3.63) is 35.2 Å². The zero-order chi connectivity index (χ0) is 8.10. The van der Waals surface area contributed by atoms with E-state index in [0.29, 0.717) is 0 Å². The number of allylic oxidation sites excluding steroid dienone is 1. The Hall–Kier alpha value is -1.44. The molecule has 0 aromatic carbocycles. The SMILES string of the molecule is C/C=c1/occ/c1=C/C=C\N. The van der Waals surface area contributed by atoms with E-state index in [9.17, 15) is 0 Å². The molecule has 0 spiro atoms. The van der Waals surface area contributed by atoms with E-state index < -0.39 is 0 Å². The van der Waals surface area contributed by atoms with Gasteiger partial charge in [0.1, 0.15) is 5.42 Å². The molecule has 0 amide bonds. The van der Waals surface area contributed by atoms with Crippen LogP contribution in [-0.4, -0.2) is 0 Å². The number of furan rings is 1. The van der Waals surface area contributed by atoms with Gasteiger partial charge in [0, 0.05) is 5.22 Å². The van der Waals surface area contributed by atoms with E-state index in [1.165, 1.54) is 6.20 Å². The maximum Gasteiger partial charge on any atom is 0.129 e. The van der Waals surface area contributed by atoms with Crippen LogP contribution in [0, 0.1) is 0 Å². The highest BCUT2D eigenvalue weighted by Gasteiger charge is 1.82. The van der Waals surface area contributed by atoms with Crippen molar-refractivity contribution in [2.24, 2.45) is 5.73 Å². The summed E-state index contributed by atoms with van der Waals surface area (Å²) in [5.74, 6) is 0. The molecular formula is C9H11NO. The third-order valence-electron chi connectivity index (χ3n) is 1.38. The minimum Gasteiger partial charge on any atom is -0.465 e. The topological polar surface area (TPSA) is 39.2 Å². The Morgan fingerprint density at radius 2 is 2.36 bits per heavy atom. The Bertz CT molecular complexity index is 346. The van der Waals surface area contributed by atoms with Crippen molar-refractivity contribution in [1.82, 2.24) is 0 Å². The molecule has 0 saturated carbocycles. The molecule has 0 unspecified atom stereocenters. The number of nitrogens with two attached hydrogens (primary N) is 1. The monoisotopic (exact) mass is 149 g/mol. The summed E-state index contributed by atoms with van der Waals surface area (Å²) in [6, 6.07) is 1.90. The first-order valence-corrected chi connectivity index (χ1v) is 3.47. The van der Waals surface area contributed by atoms with Gasteiger partial charge in [-0.1, -0.05) is 0 Å². The molecule has 1 aromatic heterocycles. The Labute approximate surface area is 65.3 Å². The van der Waals surface area contributed by atoms with Crippen LogP contribution < -0.4 is 16.4 Å². The predicted octanol–water partition coefficient (Wildman–Crippen LogP) is 0.333. The molecule has 0 fully saturated rings. The molecule has 0 atom stereocenters. The van der Waals surface area contributed by atoms with Crippen molar-refractivity contribution in [2.75, 3.05) is 0 Å². The second kappa shape index (κ2) is 3.66. The minimum absolute atomic E-state index is 0.878. The molecule has 0 aliphatic heterocycles. The van der Waals surface area contributed by atoms with Gasteiger partial charge in [0.2, 0.25) is 0 Å². The molecule has 11 heavy (non-hydrogen) atoms. The highest BCUT2D eigenvalue weighted by molar-refractivity contribution is 5.36. The summed E-state index contributed by atoms with van der Waals surface area (Å²) in [4.78, 5) is 0. The zero-order valence-corrected chi connectivity index (χ0v) is 6.45. The highest BCUT2D eigenvalue weighted by atomic mass is 16.3. The van der Waals surface area contributed by atoms with Gasteiger partial charge >= 0.3 is 0 Å². The second-order valence-corrected chi connectivity index (χ2v) is 2.08. The molecule has 0 aliphatic carbocycles. The summed E-state index contributed by atoms with van der Waals surface area (Å²) in [6.45, 7) is 1.93. The Kier molecular flexibility index (Phi) is 2.55. The van der Waals surface area contributed by atoms with Gasteiger partial charge < -0.3 is 10.2 Å². The average molecular weight is 149 g/mol. The number of hydrogen-bond donors (Lipinski definition) is 1. The molecule has 0 saturated heterocycles. The van der Waals surface area contributed by atoms with E-state index in [0.717, 1.165) is 10.6 Å². The summed E-state index contributed by atoms with van der Waals surface area (Å²) in [5.41, 5.74) is 6.06. The van der Waals surface area contributed by atoms with E-state index in [2.05, 4.69) is 0 Å². The summed E-state index contributed by atoms with van der Waals surface area (Å²) in [6.07, 6.45) is 8.74. The number of rotatable bonds is 1. The fourth-order valence-electron chi connectivity index (χ4n) is 0.862. The normalized spacial score (nSPS) is 15.0. The molecule has 2 N–H and O–H groups in total. The van der Waals surface area contributed by atoms with E-state index in [1.807, 2.05) is 25.1 Å². The zero-order valence-electron chi connectivity index (χ0n) is 6.45. The molecule has 58 valence electrons. The van der Waals surface area contributed by atoms with Crippen molar-refractivity contribution in [3.63, 3.8) is 0 Å². The van der Waals surface area contributed by atoms with Crippen LogP contribution in [0.1, 0.15) is 6.92 Å². The molecular weight excluding hydrogens is 138 g/mol. The van der Waals surface area contributed by atoms with E-state index >= 15 is 0 Å². The van der Waals surface area contributed by atoms with Crippen LogP contribution in [0.5, 0.6) is 0 Å². The third kappa shape index (κ3) is 1.74. The second-order valence-electron chi connectivity index (χ2n) is 2.08. The van der Waals surface area contributed by atoms with Gasteiger partial charge in [-0.05, 0) is 37.4 Å². The molecule has 1 rings (SSSR count). The van der Waals surface area contributed by atoms with Gasteiger partial charge in [-0.2, -0.15) is 0 Å². The average Bonchev–Trinajstić information content (AvgIpc) is 2.47. The Balaban J connectivity index is 3.23. The van der Waals surface area contributed by atoms with Crippen LogP contribution in [0.15, 0.2) is 29.0 Å². The molecule has 0 aliphatic rings. The van der Waals surface area contributed by atoms with Crippen LogP contribution in [-0.2, 0) is 0 Å². The Morgan fingerprint density at radius 3 is 3.00 bits per heavy atom. The molecule has 2 nitrogen and oxygen atoms in total. The lowest BCUT2D eigenvalue weighted by Gasteiger charge is -1.73. The van der Waals surface area contributed by atoms with E-state index in [4.69, 9.17) is 10.2 Å². The molecule has 0 bridgehead atoms. The fraction of sp³-hybridized carbons (Fsp3) is 0.111. The maximum absolute atomic E-state index is 5.18. The first-order valence-electron chi connectivity index (χ1n) is 3.47. The summed E-state index contributed by atoms with van der Waals surface area (Å²) >= 11 is 0. The van der Waals surface area contributed by atoms with Crippen LogP contribution in [0.25, 0.3) is 12.2 Å². The fourth-order valence-corrected chi connectivity index (χ4v) is 0.862. The summed E-state index contributed by atoms with van der Waals surface area (Å²) in [5, 5.41) is 1.05. The smallest absolute Gasteiger partial charge is 0.129 e. The predicted molar refractivity (Wildman–Crippen MR) is 45.9 cm³/mol. The molecule has 2 heteroatoms. The van der Waals surface area contributed by atoms with Gasteiger partial charge in [-0.15, -0.1) is 0 Å². The maximum atomic E-state index is 5.18. The van der Waals surface area contributed by atoms with Crippen LogP contribution in [0.4, 0.5) is 0 Å². The van der Waals surface area contributed by atoms with Crippen molar-refractivity contribution >= 4 is 12.2 Å². The van der Waals surface area contributed by atoms with Crippen molar-refractivity contribution < 1.29 is 4.42 Å². The van der Waals surface area contributed by atoms with E-state index in [-0.39, 0.29) is 0 Å². The summed E-state index contributed by atoms with van der Waals surface area (Å²) < 4.78 is 5.15. The van der Waals surface area contributed by atoms with Crippen molar-refractivity contribution in [2.45, 2.75) is 6.92 Å². The van der Waals surface area contributed by atoms with Crippen LogP contribution in [0.3, 0.4) is 0 Å². The van der Waals surface area contributed by atoms with Crippen LogP contribution in [0.2, 0.25) is 0 Å². The molecule has 1 heterocycles. The Morgan fingerprint density at radius 1 is 1.55 bits per heavy atom. The largest absolute Gasteiger partial charge is 0.465 e. The standard InChI is InChI=1S/C9H11NO/c1-2-9-8(4-3-6-10)5-7-11-9/h2-7H,10H2,1H3/b6-3-,8-4-,9-2+. The first-order chi connectivity index (χ1) is 5.38. The minimum atomic E-state index is 0.878. The van der Waals surface area contributed by atoms with Gasteiger partial charge in [0.05, 0.1) is 6.26 Å². The quantitative estimate of drug-likeness (QED) is 0.625. The van der Waals surface area contributed by atoms with Crippen molar-refractivity contribution in [1.29, 1.82) is 0 Å². The summed E-state index contributed by atoms with van der Waals surface area (Å²) in [7, 11) is 0. The van der Waals surface area contributed by atoms with Gasteiger partial charge in [-0.3, -0.25) is 0 Å². The first kappa shape index (κ1) is 7.66. The molecule has 1 aromatic rings. The molecule has 0 radical (unpaired) electrons. The number of hydrogen-bond acceptors (Lipinski definition) is 2. The van der Waals surface area contributed by atoms with Gasteiger partial charge in [0.25, 0.3) is 0 Å². The van der Waals surface area contributed by atoms with Gasteiger partial charge in [0.15, 0.2) is 0 Å². The lowest BCUT2D eigenvalue weighted by molar-refractivity contribution is 0.530. The third-order valence-corrected chi connectivity index (χ3v) is 1.38. The van der Waals surface area contributed by atoms with E-state index in [1.54, 1.807) is 12.3 Å². The van der Waals surface area contributed by atoms with Crippen molar-refractivity contribution in [3.8, 4) is 0 Å². The lowest BCUT2D eigenvalue weighted by atomic mass is 10.3. The highest BCUT2D eigenvalue weighted by Crippen LogP contribution is 1.72. The van der Waals surface area contributed by atoms with Crippen LogP contribution >= 0.6 is 0 Å². The van der Waals surface area contributed by atoms with Gasteiger partial charge in [-0.25, -0.2) is 0 Å². The lowest BCUT2D eigenvalue weighted by Crippen LogP contribution is -2.17.